The summed E-state index contributed by atoms with van der Waals surface area (Å²) in [5, 5.41) is 10.4. The van der Waals surface area contributed by atoms with E-state index in [1.807, 2.05) is 31.2 Å². The molecule has 2 heterocycles. The fraction of sp³-hybridized carbons (Fsp3) is 0.526. The predicted octanol–water partition coefficient (Wildman–Crippen LogP) is 2.60. The van der Waals surface area contributed by atoms with Crippen molar-refractivity contribution in [2.24, 2.45) is 5.92 Å². The van der Waals surface area contributed by atoms with Gasteiger partial charge in [-0.25, -0.2) is 0 Å². The molecule has 2 aromatic rings. The third-order valence-corrected chi connectivity index (χ3v) is 4.63. The standard InChI is InChI=1S/C19H26N4O3.ClH/c1-3-25-15-6-4-14(5-7-15)19-22-18(26-23-19)9-8-17(24)21-16-12-20-11-10-13(16)2;/h4-7,13,16,20H,3,8-12H2,1-2H3,(H,21,24);1H. The number of rotatable bonds is 7. The van der Waals surface area contributed by atoms with Crippen LogP contribution >= 0.6 is 12.4 Å². The maximum atomic E-state index is 12.2. The maximum Gasteiger partial charge on any atom is 0.227 e. The number of carbonyl (C=O) groups is 1. The molecule has 1 saturated heterocycles. The lowest BCUT2D eigenvalue weighted by atomic mass is 9.95. The molecule has 0 bridgehead atoms. The van der Waals surface area contributed by atoms with Crippen molar-refractivity contribution >= 4 is 18.3 Å². The molecule has 1 amide bonds. The van der Waals surface area contributed by atoms with Crippen LogP contribution in [0.1, 0.15) is 32.6 Å². The van der Waals surface area contributed by atoms with Crippen LogP contribution in [-0.4, -0.2) is 41.8 Å². The Bertz CT molecular complexity index is 720. The Kier molecular flexibility index (Phi) is 8.06. The van der Waals surface area contributed by atoms with Gasteiger partial charge in [0.1, 0.15) is 5.75 Å². The van der Waals surface area contributed by atoms with E-state index in [1.54, 1.807) is 0 Å². The Morgan fingerprint density at radius 1 is 1.37 bits per heavy atom. The molecule has 1 fully saturated rings. The van der Waals surface area contributed by atoms with E-state index in [2.05, 4.69) is 27.7 Å². The number of amides is 1. The highest BCUT2D eigenvalue weighted by Crippen LogP contribution is 2.20. The Morgan fingerprint density at radius 2 is 2.15 bits per heavy atom. The van der Waals surface area contributed by atoms with E-state index in [4.69, 9.17) is 9.26 Å². The van der Waals surface area contributed by atoms with Gasteiger partial charge in [0.05, 0.1) is 6.61 Å². The zero-order valence-corrected chi connectivity index (χ0v) is 16.6. The molecule has 0 radical (unpaired) electrons. The molecule has 1 aromatic heterocycles. The summed E-state index contributed by atoms with van der Waals surface area (Å²) in [6.07, 6.45) is 1.86. The molecule has 7 nitrogen and oxygen atoms in total. The summed E-state index contributed by atoms with van der Waals surface area (Å²) >= 11 is 0. The van der Waals surface area contributed by atoms with Crippen LogP contribution in [-0.2, 0) is 11.2 Å². The molecule has 8 heteroatoms. The maximum absolute atomic E-state index is 12.2. The highest BCUT2D eigenvalue weighted by Gasteiger charge is 2.22. The Balaban J connectivity index is 0.00000261. The summed E-state index contributed by atoms with van der Waals surface area (Å²) in [6.45, 7) is 6.59. The van der Waals surface area contributed by atoms with Gasteiger partial charge >= 0.3 is 0 Å². The molecular weight excluding hydrogens is 368 g/mol. The summed E-state index contributed by atoms with van der Waals surface area (Å²) in [4.78, 5) is 16.5. The molecule has 3 rings (SSSR count). The van der Waals surface area contributed by atoms with E-state index < -0.39 is 0 Å². The fourth-order valence-electron chi connectivity index (χ4n) is 3.02. The number of piperidine rings is 1. The average Bonchev–Trinajstić information content (AvgIpc) is 3.12. The third-order valence-electron chi connectivity index (χ3n) is 4.63. The molecule has 2 N–H and O–H groups in total. The zero-order chi connectivity index (χ0) is 18.4. The minimum absolute atomic E-state index is 0. The summed E-state index contributed by atoms with van der Waals surface area (Å²) in [5.74, 6) is 2.32. The summed E-state index contributed by atoms with van der Waals surface area (Å²) in [7, 11) is 0. The highest BCUT2D eigenvalue weighted by atomic mass is 35.5. The first-order chi connectivity index (χ1) is 12.7. The van der Waals surface area contributed by atoms with Gasteiger partial charge in [-0.15, -0.1) is 12.4 Å². The van der Waals surface area contributed by atoms with Crippen molar-refractivity contribution < 1.29 is 14.1 Å². The summed E-state index contributed by atoms with van der Waals surface area (Å²) < 4.78 is 10.7. The molecule has 0 spiro atoms. The van der Waals surface area contributed by atoms with Crippen LogP contribution in [0.4, 0.5) is 0 Å². The van der Waals surface area contributed by atoms with Gasteiger partial charge in [-0.3, -0.25) is 4.79 Å². The number of hydrogen-bond donors (Lipinski definition) is 2. The van der Waals surface area contributed by atoms with Gasteiger partial charge in [0.25, 0.3) is 0 Å². The number of aromatic nitrogens is 2. The number of benzene rings is 1. The van der Waals surface area contributed by atoms with Gasteiger partial charge in [0.15, 0.2) is 0 Å². The number of nitrogens with zero attached hydrogens (tertiary/aromatic N) is 2. The zero-order valence-electron chi connectivity index (χ0n) is 15.7. The van der Waals surface area contributed by atoms with Crippen molar-refractivity contribution in [3.63, 3.8) is 0 Å². The van der Waals surface area contributed by atoms with Gasteiger partial charge in [-0.2, -0.15) is 4.98 Å². The van der Waals surface area contributed by atoms with Crippen LogP contribution in [0.2, 0.25) is 0 Å². The monoisotopic (exact) mass is 394 g/mol. The number of halogens is 1. The molecule has 0 aliphatic carbocycles. The van der Waals surface area contributed by atoms with Crippen molar-refractivity contribution in [3.05, 3.63) is 30.2 Å². The Hall–Kier alpha value is -2.12. The van der Waals surface area contributed by atoms with Crippen LogP contribution in [0.15, 0.2) is 28.8 Å². The van der Waals surface area contributed by atoms with Crippen LogP contribution in [0.5, 0.6) is 5.75 Å². The van der Waals surface area contributed by atoms with Crippen molar-refractivity contribution in [1.29, 1.82) is 0 Å². The van der Waals surface area contributed by atoms with Crippen molar-refractivity contribution in [1.82, 2.24) is 20.8 Å². The molecule has 1 aliphatic rings. The topological polar surface area (TPSA) is 89.3 Å². The second-order valence-corrected chi connectivity index (χ2v) is 6.61. The second kappa shape index (κ2) is 10.3. The number of aryl methyl sites for hydroxylation is 1. The van der Waals surface area contributed by atoms with E-state index in [9.17, 15) is 4.79 Å². The summed E-state index contributed by atoms with van der Waals surface area (Å²) in [5.41, 5.74) is 0.856. The Morgan fingerprint density at radius 3 is 2.85 bits per heavy atom. The van der Waals surface area contributed by atoms with Gasteiger partial charge in [0, 0.05) is 31.0 Å². The quantitative estimate of drug-likeness (QED) is 0.750. The molecule has 1 aromatic carbocycles. The predicted molar refractivity (Wildman–Crippen MR) is 105 cm³/mol. The van der Waals surface area contributed by atoms with Gasteiger partial charge in [-0.05, 0) is 50.1 Å². The van der Waals surface area contributed by atoms with Crippen molar-refractivity contribution in [2.45, 2.75) is 39.2 Å². The minimum atomic E-state index is 0. The van der Waals surface area contributed by atoms with Gasteiger partial charge < -0.3 is 19.9 Å². The molecule has 2 unspecified atom stereocenters. The van der Waals surface area contributed by atoms with E-state index >= 15 is 0 Å². The minimum Gasteiger partial charge on any atom is -0.494 e. The third kappa shape index (κ3) is 5.94. The lowest BCUT2D eigenvalue weighted by Gasteiger charge is -2.30. The van der Waals surface area contributed by atoms with E-state index in [-0.39, 0.29) is 24.4 Å². The lowest BCUT2D eigenvalue weighted by Crippen LogP contribution is -2.50. The molecule has 2 atom stereocenters. The van der Waals surface area contributed by atoms with Gasteiger partial charge in [-0.1, -0.05) is 12.1 Å². The van der Waals surface area contributed by atoms with Crippen LogP contribution < -0.4 is 15.4 Å². The van der Waals surface area contributed by atoms with Crippen LogP contribution in [0, 0.1) is 5.92 Å². The molecule has 0 saturated carbocycles. The number of hydrogen-bond acceptors (Lipinski definition) is 6. The first kappa shape index (κ1) is 21.2. The van der Waals surface area contributed by atoms with E-state index in [0.29, 0.717) is 37.1 Å². The molecule has 148 valence electrons. The van der Waals surface area contributed by atoms with E-state index in [0.717, 1.165) is 30.8 Å². The normalized spacial score (nSPS) is 19.2. The fourth-order valence-corrected chi connectivity index (χ4v) is 3.02. The van der Waals surface area contributed by atoms with Gasteiger partial charge in [0.2, 0.25) is 17.6 Å². The van der Waals surface area contributed by atoms with Crippen molar-refractivity contribution in [3.8, 4) is 17.1 Å². The van der Waals surface area contributed by atoms with Crippen molar-refractivity contribution in [2.75, 3.05) is 19.7 Å². The van der Waals surface area contributed by atoms with E-state index in [1.165, 1.54) is 0 Å². The smallest absolute Gasteiger partial charge is 0.227 e. The number of nitrogens with one attached hydrogen (secondary N) is 2. The summed E-state index contributed by atoms with van der Waals surface area (Å²) in [6, 6.07) is 7.73. The molecular formula is C19H27ClN4O3. The lowest BCUT2D eigenvalue weighted by molar-refractivity contribution is -0.122. The number of carbonyl (C=O) groups excluding carboxylic acids is 1. The van der Waals surface area contributed by atoms with Crippen LogP contribution in [0.25, 0.3) is 11.4 Å². The average molecular weight is 395 g/mol. The largest absolute Gasteiger partial charge is 0.494 e. The first-order valence-electron chi connectivity index (χ1n) is 9.21. The van der Waals surface area contributed by atoms with Crippen LogP contribution in [0.3, 0.4) is 0 Å². The molecule has 1 aliphatic heterocycles. The SMILES string of the molecule is CCOc1ccc(-c2noc(CCC(=O)NC3CNCCC3C)n2)cc1.Cl. The molecule has 27 heavy (non-hydrogen) atoms. The number of ether oxygens (including phenoxy) is 1. The Labute approximate surface area is 165 Å². The highest BCUT2D eigenvalue weighted by molar-refractivity contribution is 5.85. The second-order valence-electron chi connectivity index (χ2n) is 6.61. The first-order valence-corrected chi connectivity index (χ1v) is 9.21.